The predicted octanol–water partition coefficient (Wildman–Crippen LogP) is 4.02. The maximum Gasteiger partial charge on any atom is 0.257 e. The molecule has 0 atom stereocenters. The van der Waals surface area contributed by atoms with Crippen LogP contribution in [0.1, 0.15) is 17.3 Å². The number of pyridine rings is 1. The van der Waals surface area contributed by atoms with Crippen LogP contribution in [-0.4, -0.2) is 16.8 Å². The van der Waals surface area contributed by atoms with Gasteiger partial charge in [-0.05, 0) is 47.8 Å². The van der Waals surface area contributed by atoms with E-state index in [0.717, 1.165) is 11.3 Å². The Morgan fingerprint density at radius 3 is 2.21 bits per heavy atom. The van der Waals surface area contributed by atoms with E-state index >= 15 is 0 Å². The SMILES string of the molecule is CC(=O)Nc1ccc(NC(=O)c2ccc(-c3ccsc3)nc2)cc1. The number of benzene rings is 1. The van der Waals surface area contributed by atoms with Crippen molar-refractivity contribution in [3.63, 3.8) is 0 Å². The summed E-state index contributed by atoms with van der Waals surface area (Å²) >= 11 is 1.61. The Morgan fingerprint density at radius 1 is 0.958 bits per heavy atom. The van der Waals surface area contributed by atoms with Crippen LogP contribution in [0.4, 0.5) is 11.4 Å². The lowest BCUT2D eigenvalue weighted by molar-refractivity contribution is -0.114. The fraction of sp³-hybridized carbons (Fsp3) is 0.0556. The number of hydrogen-bond acceptors (Lipinski definition) is 4. The molecule has 0 unspecified atom stereocenters. The lowest BCUT2D eigenvalue weighted by atomic mass is 10.2. The minimum Gasteiger partial charge on any atom is -0.326 e. The number of nitrogens with zero attached hydrogens (tertiary/aromatic N) is 1. The molecule has 5 nitrogen and oxygen atoms in total. The highest BCUT2D eigenvalue weighted by Crippen LogP contribution is 2.20. The fourth-order valence-corrected chi connectivity index (χ4v) is 2.80. The maximum absolute atomic E-state index is 12.3. The van der Waals surface area contributed by atoms with Crippen LogP contribution in [0.3, 0.4) is 0 Å². The number of carbonyl (C=O) groups is 2. The zero-order valence-corrected chi connectivity index (χ0v) is 13.8. The standard InChI is InChI=1S/C18H15N3O2S/c1-12(22)20-15-3-5-16(6-4-15)21-18(23)13-2-7-17(19-10-13)14-8-9-24-11-14/h2-11H,1H3,(H,20,22)(H,21,23). The molecule has 0 bridgehead atoms. The third kappa shape index (κ3) is 3.85. The van der Waals surface area contributed by atoms with E-state index in [1.807, 2.05) is 22.9 Å². The summed E-state index contributed by atoms with van der Waals surface area (Å²) in [5.41, 5.74) is 3.70. The lowest BCUT2D eigenvalue weighted by Crippen LogP contribution is -2.12. The van der Waals surface area contributed by atoms with Crippen LogP contribution in [0, 0.1) is 0 Å². The summed E-state index contributed by atoms with van der Waals surface area (Å²) in [6, 6.07) is 12.5. The first kappa shape index (κ1) is 15.9. The van der Waals surface area contributed by atoms with Gasteiger partial charge in [0, 0.05) is 35.4 Å². The molecule has 3 aromatic rings. The van der Waals surface area contributed by atoms with Crippen molar-refractivity contribution in [2.24, 2.45) is 0 Å². The van der Waals surface area contributed by atoms with Crippen LogP contribution in [0.25, 0.3) is 11.3 Å². The summed E-state index contributed by atoms with van der Waals surface area (Å²) in [4.78, 5) is 27.6. The minimum atomic E-state index is -0.230. The predicted molar refractivity (Wildman–Crippen MR) is 96.2 cm³/mol. The van der Waals surface area contributed by atoms with Crippen LogP contribution >= 0.6 is 11.3 Å². The summed E-state index contributed by atoms with van der Waals surface area (Å²) in [6.07, 6.45) is 1.56. The van der Waals surface area contributed by atoms with Gasteiger partial charge in [0.15, 0.2) is 0 Å². The number of amides is 2. The van der Waals surface area contributed by atoms with Crippen molar-refractivity contribution >= 4 is 34.5 Å². The van der Waals surface area contributed by atoms with E-state index < -0.39 is 0 Å². The molecule has 24 heavy (non-hydrogen) atoms. The number of aromatic nitrogens is 1. The Bertz CT molecular complexity index is 841. The van der Waals surface area contributed by atoms with E-state index in [4.69, 9.17) is 0 Å². The Morgan fingerprint density at radius 2 is 1.67 bits per heavy atom. The molecule has 0 saturated heterocycles. The average Bonchev–Trinajstić information content (AvgIpc) is 3.11. The molecular weight excluding hydrogens is 322 g/mol. The number of nitrogens with one attached hydrogen (secondary N) is 2. The number of hydrogen-bond donors (Lipinski definition) is 2. The van der Waals surface area contributed by atoms with Gasteiger partial charge in [0.05, 0.1) is 11.3 Å². The third-order valence-corrected chi connectivity index (χ3v) is 3.99. The van der Waals surface area contributed by atoms with Crippen molar-refractivity contribution in [2.45, 2.75) is 6.92 Å². The van der Waals surface area contributed by atoms with Gasteiger partial charge in [-0.2, -0.15) is 11.3 Å². The molecule has 6 heteroatoms. The molecule has 0 aliphatic carbocycles. The van der Waals surface area contributed by atoms with E-state index in [2.05, 4.69) is 15.6 Å². The zero-order chi connectivity index (χ0) is 16.9. The molecule has 2 amide bonds. The van der Waals surface area contributed by atoms with Gasteiger partial charge >= 0.3 is 0 Å². The molecule has 1 aromatic carbocycles. The van der Waals surface area contributed by atoms with Crippen molar-refractivity contribution in [3.8, 4) is 11.3 Å². The summed E-state index contributed by atoms with van der Waals surface area (Å²) in [7, 11) is 0. The van der Waals surface area contributed by atoms with Crippen LogP contribution in [0.15, 0.2) is 59.4 Å². The first-order chi connectivity index (χ1) is 11.6. The second-order valence-corrected chi connectivity index (χ2v) is 5.94. The fourth-order valence-electron chi connectivity index (χ4n) is 2.15. The van der Waals surface area contributed by atoms with E-state index in [9.17, 15) is 9.59 Å². The van der Waals surface area contributed by atoms with Gasteiger partial charge in [0.2, 0.25) is 5.91 Å². The van der Waals surface area contributed by atoms with Crippen LogP contribution < -0.4 is 10.6 Å². The summed E-state index contributed by atoms with van der Waals surface area (Å²) in [5.74, 6) is -0.366. The molecule has 0 saturated carbocycles. The molecule has 0 aliphatic heterocycles. The molecular formula is C18H15N3O2S. The number of carbonyl (C=O) groups excluding carboxylic acids is 2. The van der Waals surface area contributed by atoms with Gasteiger partial charge in [-0.3, -0.25) is 14.6 Å². The van der Waals surface area contributed by atoms with Gasteiger partial charge in [-0.15, -0.1) is 0 Å². The van der Waals surface area contributed by atoms with Gasteiger partial charge in [-0.25, -0.2) is 0 Å². The molecule has 120 valence electrons. The van der Waals surface area contributed by atoms with E-state index in [-0.39, 0.29) is 11.8 Å². The van der Waals surface area contributed by atoms with Gasteiger partial charge < -0.3 is 10.6 Å². The maximum atomic E-state index is 12.3. The van der Waals surface area contributed by atoms with E-state index in [1.54, 1.807) is 47.9 Å². The molecule has 0 aliphatic rings. The van der Waals surface area contributed by atoms with E-state index in [1.165, 1.54) is 6.92 Å². The number of rotatable bonds is 4. The molecule has 2 N–H and O–H groups in total. The van der Waals surface area contributed by atoms with Gasteiger partial charge in [-0.1, -0.05) is 0 Å². The monoisotopic (exact) mass is 337 g/mol. The molecule has 0 spiro atoms. The first-order valence-electron chi connectivity index (χ1n) is 7.29. The zero-order valence-electron chi connectivity index (χ0n) is 12.9. The largest absolute Gasteiger partial charge is 0.326 e. The first-order valence-corrected chi connectivity index (χ1v) is 8.24. The number of thiophene rings is 1. The molecule has 2 aromatic heterocycles. The topological polar surface area (TPSA) is 71.1 Å². The summed E-state index contributed by atoms with van der Waals surface area (Å²) in [6.45, 7) is 1.45. The van der Waals surface area contributed by atoms with Gasteiger partial charge in [0.25, 0.3) is 5.91 Å². The number of anilines is 2. The molecule has 0 fully saturated rings. The highest BCUT2D eigenvalue weighted by atomic mass is 32.1. The average molecular weight is 337 g/mol. The molecule has 0 radical (unpaired) electrons. The van der Waals surface area contributed by atoms with Gasteiger partial charge in [0.1, 0.15) is 0 Å². The van der Waals surface area contributed by atoms with Crippen LogP contribution in [0.2, 0.25) is 0 Å². The summed E-state index contributed by atoms with van der Waals surface area (Å²) < 4.78 is 0. The Kier molecular flexibility index (Phi) is 4.67. The second kappa shape index (κ2) is 7.06. The smallest absolute Gasteiger partial charge is 0.257 e. The Labute approximate surface area is 143 Å². The lowest BCUT2D eigenvalue weighted by Gasteiger charge is -2.07. The second-order valence-electron chi connectivity index (χ2n) is 5.16. The van der Waals surface area contributed by atoms with Crippen LogP contribution in [-0.2, 0) is 4.79 Å². The van der Waals surface area contributed by atoms with E-state index in [0.29, 0.717) is 16.9 Å². The normalized spacial score (nSPS) is 10.2. The van der Waals surface area contributed by atoms with Crippen molar-refractivity contribution in [1.82, 2.24) is 4.98 Å². The third-order valence-electron chi connectivity index (χ3n) is 3.31. The minimum absolute atomic E-state index is 0.136. The molecule has 2 heterocycles. The highest BCUT2D eigenvalue weighted by molar-refractivity contribution is 7.08. The quantitative estimate of drug-likeness (QED) is 0.755. The highest BCUT2D eigenvalue weighted by Gasteiger charge is 2.08. The Balaban J connectivity index is 1.67. The van der Waals surface area contributed by atoms with Crippen molar-refractivity contribution in [1.29, 1.82) is 0 Å². The van der Waals surface area contributed by atoms with Crippen molar-refractivity contribution in [3.05, 3.63) is 65.0 Å². The summed E-state index contributed by atoms with van der Waals surface area (Å²) in [5, 5.41) is 9.48. The molecule has 3 rings (SSSR count). The van der Waals surface area contributed by atoms with Crippen LogP contribution in [0.5, 0.6) is 0 Å². The Hall–Kier alpha value is -2.99. The van der Waals surface area contributed by atoms with Crippen molar-refractivity contribution in [2.75, 3.05) is 10.6 Å². The van der Waals surface area contributed by atoms with Crippen molar-refractivity contribution < 1.29 is 9.59 Å².